The van der Waals surface area contributed by atoms with Crippen molar-refractivity contribution in [2.75, 3.05) is 31.2 Å². The minimum atomic E-state index is -0.442. The summed E-state index contributed by atoms with van der Waals surface area (Å²) in [6, 6.07) is 17.2. The zero-order chi connectivity index (χ0) is 39.9. The van der Waals surface area contributed by atoms with E-state index in [0.29, 0.717) is 40.6 Å². The number of carbonyl (C=O) groups is 3. The second kappa shape index (κ2) is 15.4. The number of ether oxygens (including phenoxy) is 1. The highest BCUT2D eigenvalue weighted by atomic mass is 16.5. The monoisotopic (exact) mass is 775 g/mol. The van der Waals surface area contributed by atoms with Gasteiger partial charge in [0.1, 0.15) is 11.3 Å². The van der Waals surface area contributed by atoms with Crippen LogP contribution >= 0.6 is 0 Å². The Hall–Kier alpha value is -6.65. The molecule has 4 aromatic heterocycles. The average Bonchev–Trinajstić information content (AvgIpc) is 3.68. The van der Waals surface area contributed by atoms with Gasteiger partial charge in [0.25, 0.3) is 11.5 Å². The van der Waals surface area contributed by atoms with Gasteiger partial charge in [0.2, 0.25) is 11.8 Å². The number of anilines is 2. The van der Waals surface area contributed by atoms with Gasteiger partial charge in [0.15, 0.2) is 11.6 Å². The van der Waals surface area contributed by atoms with Crippen LogP contribution in [0.3, 0.4) is 0 Å². The molecule has 0 unspecified atom stereocenters. The maximum Gasteiger partial charge on any atom is 0.270 e. The molecular weight excluding hydrogens is 735 g/mol. The molecule has 9 rings (SSSR count). The number of amides is 3. The Labute approximate surface area is 333 Å². The van der Waals surface area contributed by atoms with E-state index in [-0.39, 0.29) is 41.9 Å². The summed E-state index contributed by atoms with van der Waals surface area (Å²) in [4.78, 5) is 66.6. The topological polar surface area (TPSA) is 162 Å². The van der Waals surface area contributed by atoms with Gasteiger partial charge in [0, 0.05) is 67.4 Å². The number of hydrogen-bond acceptors (Lipinski definition) is 10. The zero-order valence-electron chi connectivity index (χ0n) is 32.3. The first-order valence-corrected chi connectivity index (χ1v) is 19.7. The van der Waals surface area contributed by atoms with E-state index in [9.17, 15) is 19.2 Å². The van der Waals surface area contributed by atoms with E-state index in [2.05, 4.69) is 44.5 Å². The number of rotatable bonds is 6. The molecule has 0 bridgehead atoms. The normalized spacial score (nSPS) is 17.1. The van der Waals surface area contributed by atoms with Crippen LogP contribution in [0, 0.1) is 18.8 Å². The lowest BCUT2D eigenvalue weighted by molar-refractivity contribution is -0.134. The van der Waals surface area contributed by atoms with Gasteiger partial charge in [0.05, 0.1) is 41.2 Å². The SMILES string of the molecule is Cc1cc2c(N3CCCc4nc(-c5ccc(C(=O)NCC#Cc6cc7c([C@H]8CCC(=O)NC8=O)cccc7o6)nc5)ncc43)cc(C3CCOCC3)cc2n(C)c1=O. The van der Waals surface area contributed by atoms with E-state index < -0.39 is 5.92 Å². The Morgan fingerprint density at radius 3 is 2.64 bits per heavy atom. The third-order valence-electron chi connectivity index (χ3n) is 11.5. The van der Waals surface area contributed by atoms with Gasteiger partial charge in [-0.3, -0.25) is 29.5 Å². The zero-order valence-corrected chi connectivity index (χ0v) is 32.3. The number of aromatic nitrogens is 4. The molecule has 6 aromatic rings. The van der Waals surface area contributed by atoms with Crippen LogP contribution in [0.4, 0.5) is 11.4 Å². The van der Waals surface area contributed by atoms with Crippen LogP contribution in [0.25, 0.3) is 33.3 Å². The number of benzene rings is 2. The van der Waals surface area contributed by atoms with Gasteiger partial charge in [-0.25, -0.2) is 9.97 Å². The standard InChI is InChI=1S/C45H41N7O6/c1-26-20-34-37(51(2)45(26)56)21-29(27-14-18-57-19-15-27)22-38(34)52-17-5-8-35-39(52)25-48-42(49-35)28-10-12-36(47-24-28)44(55)46-16-4-6-30-23-33-31(7-3-9-40(33)58-30)32-11-13-41(53)50-43(32)54/h3,7,9-10,12,20-25,27,32H,5,8,11,13-19H2,1-2H3,(H,46,55)(H,50,53,54)/t32-/m1/s1. The van der Waals surface area contributed by atoms with E-state index >= 15 is 0 Å². The lowest BCUT2D eigenvalue weighted by atomic mass is 9.88. The number of fused-ring (bicyclic) bond motifs is 3. The van der Waals surface area contributed by atoms with Crippen LogP contribution in [-0.2, 0) is 27.8 Å². The van der Waals surface area contributed by atoms with Crippen LogP contribution in [0.15, 0.2) is 76.2 Å². The fourth-order valence-corrected chi connectivity index (χ4v) is 8.39. The molecule has 2 saturated heterocycles. The third kappa shape index (κ3) is 7.00. The number of aryl methyl sites for hydroxylation is 3. The molecule has 2 N–H and O–H groups in total. The quantitative estimate of drug-likeness (QED) is 0.158. The summed E-state index contributed by atoms with van der Waals surface area (Å²) in [5.74, 6) is 5.76. The van der Waals surface area contributed by atoms with Crippen LogP contribution < -0.4 is 21.1 Å². The molecule has 2 aromatic carbocycles. The van der Waals surface area contributed by atoms with Crippen molar-refractivity contribution in [3.05, 3.63) is 111 Å². The van der Waals surface area contributed by atoms with E-state index in [4.69, 9.17) is 19.1 Å². The van der Waals surface area contributed by atoms with Gasteiger partial charge in [-0.05, 0) is 98.4 Å². The second-order valence-electron chi connectivity index (χ2n) is 15.1. The van der Waals surface area contributed by atoms with Crippen molar-refractivity contribution in [2.45, 2.75) is 57.3 Å². The van der Waals surface area contributed by atoms with Gasteiger partial charge < -0.3 is 23.9 Å². The highest BCUT2D eigenvalue weighted by molar-refractivity contribution is 6.03. The first-order valence-electron chi connectivity index (χ1n) is 19.7. The van der Waals surface area contributed by atoms with Gasteiger partial charge in [-0.15, -0.1) is 0 Å². The number of imide groups is 1. The maximum atomic E-state index is 13.0. The number of nitrogens with one attached hydrogen (secondary N) is 2. The summed E-state index contributed by atoms with van der Waals surface area (Å²) in [6.45, 7) is 4.18. The molecule has 0 saturated carbocycles. The summed E-state index contributed by atoms with van der Waals surface area (Å²) in [5.41, 5.74) is 8.04. The first kappa shape index (κ1) is 37.0. The molecule has 0 aliphatic carbocycles. The van der Waals surface area contributed by atoms with Crippen molar-refractivity contribution in [1.29, 1.82) is 0 Å². The van der Waals surface area contributed by atoms with Crippen molar-refractivity contribution < 1.29 is 23.5 Å². The minimum Gasteiger partial charge on any atom is -0.448 e. The molecule has 1 atom stereocenters. The number of pyridine rings is 2. The highest BCUT2D eigenvalue weighted by Gasteiger charge is 2.30. The van der Waals surface area contributed by atoms with Gasteiger partial charge >= 0.3 is 0 Å². The molecule has 3 aliphatic heterocycles. The molecule has 292 valence electrons. The molecule has 2 fully saturated rings. The highest BCUT2D eigenvalue weighted by Crippen LogP contribution is 2.40. The average molecular weight is 776 g/mol. The van der Waals surface area contributed by atoms with E-state index in [1.165, 1.54) is 5.56 Å². The Morgan fingerprint density at radius 1 is 0.966 bits per heavy atom. The Morgan fingerprint density at radius 2 is 1.83 bits per heavy atom. The molecule has 7 heterocycles. The number of furan rings is 1. The summed E-state index contributed by atoms with van der Waals surface area (Å²) in [7, 11) is 1.85. The molecule has 13 nitrogen and oxygen atoms in total. The summed E-state index contributed by atoms with van der Waals surface area (Å²) >= 11 is 0. The third-order valence-corrected chi connectivity index (χ3v) is 11.5. The van der Waals surface area contributed by atoms with Gasteiger partial charge in [-0.1, -0.05) is 18.1 Å². The van der Waals surface area contributed by atoms with Crippen molar-refractivity contribution in [3.63, 3.8) is 0 Å². The van der Waals surface area contributed by atoms with E-state index in [1.807, 2.05) is 38.4 Å². The molecule has 13 heteroatoms. The second-order valence-corrected chi connectivity index (χ2v) is 15.1. The van der Waals surface area contributed by atoms with Crippen molar-refractivity contribution in [2.24, 2.45) is 7.05 Å². The summed E-state index contributed by atoms with van der Waals surface area (Å²) < 4.78 is 13.3. The number of piperidine rings is 1. The molecular formula is C45H41N7O6. The molecule has 3 amide bonds. The number of hydrogen-bond donors (Lipinski definition) is 2. The van der Waals surface area contributed by atoms with Gasteiger partial charge in [-0.2, -0.15) is 0 Å². The lowest BCUT2D eigenvalue weighted by Gasteiger charge is -2.33. The van der Waals surface area contributed by atoms with Crippen LogP contribution in [-0.4, -0.2) is 63.5 Å². The molecule has 0 radical (unpaired) electrons. The predicted molar refractivity (Wildman–Crippen MR) is 218 cm³/mol. The van der Waals surface area contributed by atoms with Crippen molar-refractivity contribution in [3.8, 4) is 23.2 Å². The first-order chi connectivity index (χ1) is 28.2. The molecule has 0 spiro atoms. The van der Waals surface area contributed by atoms with Crippen LogP contribution in [0.2, 0.25) is 0 Å². The Bertz CT molecular complexity index is 2750. The fourth-order valence-electron chi connectivity index (χ4n) is 8.39. The molecule has 3 aliphatic rings. The van der Waals surface area contributed by atoms with Crippen molar-refractivity contribution >= 4 is 51.0 Å². The lowest BCUT2D eigenvalue weighted by Crippen LogP contribution is -2.39. The maximum absolute atomic E-state index is 13.0. The largest absolute Gasteiger partial charge is 0.448 e. The Kier molecular flexibility index (Phi) is 9.79. The molecule has 58 heavy (non-hydrogen) atoms. The van der Waals surface area contributed by atoms with E-state index in [1.54, 1.807) is 35.0 Å². The summed E-state index contributed by atoms with van der Waals surface area (Å²) in [6.07, 6.45) is 7.77. The van der Waals surface area contributed by atoms with Crippen LogP contribution in [0.1, 0.15) is 82.6 Å². The Balaban J connectivity index is 0.901. The number of carbonyl (C=O) groups excluding carboxylic acids is 3. The number of nitrogens with zero attached hydrogens (tertiary/aromatic N) is 5. The van der Waals surface area contributed by atoms with Crippen molar-refractivity contribution in [1.82, 2.24) is 30.2 Å². The van der Waals surface area contributed by atoms with E-state index in [0.717, 1.165) is 84.4 Å². The minimum absolute atomic E-state index is 0.00369. The van der Waals surface area contributed by atoms with Crippen LogP contribution in [0.5, 0.6) is 0 Å². The summed E-state index contributed by atoms with van der Waals surface area (Å²) in [5, 5.41) is 6.98. The smallest absolute Gasteiger partial charge is 0.270 e. The predicted octanol–water partition coefficient (Wildman–Crippen LogP) is 5.73. The fraction of sp³-hybridized carbons (Fsp3) is 0.311.